The van der Waals surface area contributed by atoms with Crippen molar-refractivity contribution >= 4 is 22.6 Å². The molecule has 0 rings (SSSR count). The number of hydrogen-bond donors (Lipinski definition) is 1. The first-order valence-corrected chi connectivity index (χ1v) is 7.24. The lowest BCUT2D eigenvalue weighted by molar-refractivity contribution is 0.671. The van der Waals surface area contributed by atoms with E-state index in [1.165, 1.54) is 12.2 Å². The van der Waals surface area contributed by atoms with Gasteiger partial charge in [-0.15, -0.1) is 0 Å². The van der Waals surface area contributed by atoms with Crippen molar-refractivity contribution in [2.24, 2.45) is 0 Å². The van der Waals surface area contributed by atoms with Crippen LogP contribution < -0.4 is 5.32 Å². The average Bonchev–Trinajstić information content (AvgIpc) is 2.10. The first-order valence-electron chi connectivity index (χ1n) is 4.36. The van der Waals surface area contributed by atoms with Gasteiger partial charge >= 0.3 is 0 Å². The summed E-state index contributed by atoms with van der Waals surface area (Å²) in [6.07, 6.45) is 3.33. The van der Waals surface area contributed by atoms with Crippen molar-refractivity contribution in [3.05, 3.63) is 0 Å². The molecule has 74 valence electrons. The van der Waals surface area contributed by atoms with Crippen molar-refractivity contribution < 1.29 is 4.21 Å². The van der Waals surface area contributed by atoms with Crippen LogP contribution in [0.1, 0.15) is 13.3 Å². The van der Waals surface area contributed by atoms with Gasteiger partial charge < -0.3 is 5.32 Å². The normalized spacial score (nSPS) is 13.2. The van der Waals surface area contributed by atoms with E-state index in [4.69, 9.17) is 0 Å². The summed E-state index contributed by atoms with van der Waals surface area (Å²) < 4.78 is 11.0. The van der Waals surface area contributed by atoms with E-state index < -0.39 is 10.8 Å². The zero-order valence-electron chi connectivity index (χ0n) is 7.97. The molecule has 0 aliphatic rings. The Morgan fingerprint density at radius 3 is 2.75 bits per heavy atom. The SMILES string of the molecule is CCS(=O)CCNCCCSC. The predicted molar refractivity (Wildman–Crippen MR) is 59.4 cm³/mol. The molecule has 0 aliphatic heterocycles. The number of hydrogen-bond acceptors (Lipinski definition) is 3. The highest BCUT2D eigenvalue weighted by Crippen LogP contribution is 1.92. The fraction of sp³-hybridized carbons (Fsp3) is 1.00. The molecule has 0 aromatic rings. The molecule has 0 aliphatic carbocycles. The summed E-state index contributed by atoms with van der Waals surface area (Å²) in [5.41, 5.74) is 0. The van der Waals surface area contributed by atoms with Gasteiger partial charge in [0.15, 0.2) is 0 Å². The largest absolute Gasteiger partial charge is 0.316 e. The monoisotopic (exact) mass is 209 g/mol. The first-order chi connectivity index (χ1) is 5.81. The van der Waals surface area contributed by atoms with E-state index in [-0.39, 0.29) is 0 Å². The third-order valence-corrected chi connectivity index (χ3v) is 3.53. The van der Waals surface area contributed by atoms with Gasteiger partial charge in [-0.1, -0.05) is 6.92 Å². The Kier molecular flexibility index (Phi) is 9.91. The Balaban J connectivity index is 2.95. The van der Waals surface area contributed by atoms with E-state index in [9.17, 15) is 4.21 Å². The maximum absolute atomic E-state index is 11.0. The van der Waals surface area contributed by atoms with Crippen LogP contribution in [-0.2, 0) is 10.8 Å². The van der Waals surface area contributed by atoms with Crippen molar-refractivity contribution in [3.8, 4) is 0 Å². The van der Waals surface area contributed by atoms with Gasteiger partial charge in [-0.2, -0.15) is 11.8 Å². The Morgan fingerprint density at radius 2 is 2.17 bits per heavy atom. The van der Waals surface area contributed by atoms with Gasteiger partial charge in [0.1, 0.15) is 0 Å². The molecule has 0 aromatic carbocycles. The van der Waals surface area contributed by atoms with Crippen LogP contribution in [0.4, 0.5) is 0 Å². The minimum Gasteiger partial charge on any atom is -0.316 e. The highest BCUT2D eigenvalue weighted by atomic mass is 32.2. The van der Waals surface area contributed by atoms with Crippen LogP contribution >= 0.6 is 11.8 Å². The molecule has 0 saturated heterocycles. The molecule has 0 spiro atoms. The summed E-state index contributed by atoms with van der Waals surface area (Å²) in [5, 5.41) is 3.28. The molecule has 0 radical (unpaired) electrons. The minimum atomic E-state index is -0.602. The fourth-order valence-electron chi connectivity index (χ4n) is 0.797. The highest BCUT2D eigenvalue weighted by molar-refractivity contribution is 7.98. The van der Waals surface area contributed by atoms with Gasteiger partial charge in [-0.3, -0.25) is 4.21 Å². The molecule has 0 fully saturated rings. The second kappa shape index (κ2) is 9.55. The molecule has 2 nitrogen and oxygen atoms in total. The van der Waals surface area contributed by atoms with E-state index >= 15 is 0 Å². The van der Waals surface area contributed by atoms with E-state index in [1.54, 1.807) is 0 Å². The predicted octanol–water partition coefficient (Wildman–Crippen LogP) is 1.10. The minimum absolute atomic E-state index is 0.602. The Hall–Kier alpha value is 0.460. The third-order valence-electron chi connectivity index (χ3n) is 1.53. The molecule has 1 N–H and O–H groups in total. The Morgan fingerprint density at radius 1 is 1.42 bits per heavy atom. The summed E-state index contributed by atoms with van der Waals surface area (Å²) in [4.78, 5) is 0. The Bertz CT molecular complexity index is 120. The first kappa shape index (κ1) is 12.5. The highest BCUT2D eigenvalue weighted by Gasteiger charge is 1.93. The van der Waals surface area contributed by atoms with Crippen molar-refractivity contribution in [2.75, 3.05) is 36.6 Å². The van der Waals surface area contributed by atoms with Gasteiger partial charge in [0.25, 0.3) is 0 Å². The van der Waals surface area contributed by atoms with Crippen molar-refractivity contribution in [3.63, 3.8) is 0 Å². The lowest BCUT2D eigenvalue weighted by Crippen LogP contribution is -2.22. The van der Waals surface area contributed by atoms with Gasteiger partial charge in [-0.05, 0) is 25.0 Å². The summed E-state index contributed by atoms with van der Waals surface area (Å²) in [7, 11) is -0.602. The molecule has 12 heavy (non-hydrogen) atoms. The van der Waals surface area contributed by atoms with Crippen LogP contribution in [0.25, 0.3) is 0 Å². The molecular formula is C8H19NOS2. The van der Waals surface area contributed by atoms with Crippen LogP contribution in [0, 0.1) is 0 Å². The second-order valence-electron chi connectivity index (χ2n) is 2.53. The van der Waals surface area contributed by atoms with Crippen molar-refractivity contribution in [1.82, 2.24) is 5.32 Å². The van der Waals surface area contributed by atoms with E-state index in [1.807, 2.05) is 18.7 Å². The summed E-state index contributed by atoms with van der Waals surface area (Å²) >= 11 is 1.87. The summed E-state index contributed by atoms with van der Waals surface area (Å²) in [6, 6.07) is 0. The molecule has 4 heteroatoms. The third kappa shape index (κ3) is 8.56. The summed E-state index contributed by atoms with van der Waals surface area (Å²) in [5.74, 6) is 2.80. The maximum atomic E-state index is 11.0. The second-order valence-corrected chi connectivity index (χ2v) is 5.38. The lowest BCUT2D eigenvalue weighted by Gasteiger charge is -2.02. The van der Waals surface area contributed by atoms with Crippen molar-refractivity contribution in [2.45, 2.75) is 13.3 Å². The molecule has 0 heterocycles. The number of thioether (sulfide) groups is 1. The van der Waals surface area contributed by atoms with Crippen LogP contribution in [0.2, 0.25) is 0 Å². The van der Waals surface area contributed by atoms with Crippen molar-refractivity contribution in [1.29, 1.82) is 0 Å². The summed E-state index contributed by atoms with van der Waals surface area (Å²) in [6.45, 7) is 3.92. The van der Waals surface area contributed by atoms with E-state index in [0.717, 1.165) is 24.6 Å². The number of rotatable bonds is 8. The van der Waals surface area contributed by atoms with Crippen LogP contribution in [0.15, 0.2) is 0 Å². The molecule has 1 atom stereocenters. The van der Waals surface area contributed by atoms with E-state index in [0.29, 0.717) is 0 Å². The van der Waals surface area contributed by atoms with Gasteiger partial charge in [0.2, 0.25) is 0 Å². The topological polar surface area (TPSA) is 29.1 Å². The van der Waals surface area contributed by atoms with Gasteiger partial charge in [0, 0.05) is 28.9 Å². The molecular weight excluding hydrogens is 190 g/mol. The molecule has 1 unspecified atom stereocenters. The fourth-order valence-corrected chi connectivity index (χ4v) is 1.89. The zero-order valence-corrected chi connectivity index (χ0v) is 9.60. The van der Waals surface area contributed by atoms with Gasteiger partial charge in [0.05, 0.1) is 0 Å². The molecule has 0 aromatic heterocycles. The standard InChI is InChI=1S/C8H19NOS2/c1-3-12(10)8-6-9-5-4-7-11-2/h9H,3-8H2,1-2H3. The number of nitrogens with one attached hydrogen (secondary N) is 1. The van der Waals surface area contributed by atoms with Gasteiger partial charge in [-0.25, -0.2) is 0 Å². The lowest BCUT2D eigenvalue weighted by atomic mass is 10.5. The smallest absolute Gasteiger partial charge is 0.0359 e. The van der Waals surface area contributed by atoms with Crippen LogP contribution in [0.3, 0.4) is 0 Å². The molecule has 0 saturated carbocycles. The quantitative estimate of drug-likeness (QED) is 0.607. The molecule has 0 amide bonds. The van der Waals surface area contributed by atoms with Crippen LogP contribution in [0.5, 0.6) is 0 Å². The average molecular weight is 209 g/mol. The van der Waals surface area contributed by atoms with E-state index in [2.05, 4.69) is 11.6 Å². The van der Waals surface area contributed by atoms with Crippen LogP contribution in [-0.4, -0.2) is 40.8 Å². The Labute approximate surface area is 82.3 Å². The molecule has 0 bridgehead atoms. The maximum Gasteiger partial charge on any atom is 0.0359 e. The zero-order chi connectivity index (χ0) is 9.23.